The number of aliphatic hydroxyl groups excluding tert-OH is 2. The highest BCUT2D eigenvalue weighted by Crippen LogP contribution is 1.81. The average molecular weight is 120 g/mol. The molecule has 0 aromatic carbocycles. The molecule has 6 N–H and O–H groups in total. The minimum Gasteiger partial charge on any atom is -0.395 e. The predicted octanol–water partition coefficient (Wildman–Crippen LogP) is -2.37. The number of rotatable bonds is 3. The summed E-state index contributed by atoms with van der Waals surface area (Å²) >= 11 is 0. The van der Waals surface area contributed by atoms with Crippen molar-refractivity contribution in [3.05, 3.63) is 0 Å². The second-order valence-corrected chi connectivity index (χ2v) is 1.69. The molecule has 0 aliphatic heterocycles. The smallest absolute Gasteiger partial charge is 0.0598 e. The fourth-order valence-corrected chi connectivity index (χ4v) is 0.271. The molecule has 0 aromatic heterocycles. The van der Waals surface area contributed by atoms with Gasteiger partial charge in [0.25, 0.3) is 0 Å². The third kappa shape index (κ3) is 2.23. The van der Waals surface area contributed by atoms with Crippen LogP contribution in [0.2, 0.25) is 0 Å². The Balaban J connectivity index is 3.29. The highest BCUT2D eigenvalue weighted by molar-refractivity contribution is 4.72. The maximum atomic E-state index is 8.32. The van der Waals surface area contributed by atoms with Crippen LogP contribution in [0.5, 0.6) is 0 Å². The molecule has 0 amide bonds. The molecule has 0 radical (unpaired) electrons. The fourth-order valence-electron chi connectivity index (χ4n) is 0.271. The van der Waals surface area contributed by atoms with Gasteiger partial charge in [0.2, 0.25) is 0 Å². The molecule has 50 valence electrons. The molecule has 0 aliphatic carbocycles. The van der Waals surface area contributed by atoms with Crippen LogP contribution in [-0.4, -0.2) is 35.5 Å². The van der Waals surface area contributed by atoms with Crippen LogP contribution >= 0.6 is 0 Å². The van der Waals surface area contributed by atoms with E-state index in [9.17, 15) is 0 Å². The molecule has 4 nitrogen and oxygen atoms in total. The molecule has 0 spiro atoms. The fraction of sp³-hybridized carbons (Fsp3) is 1.00. The van der Waals surface area contributed by atoms with Crippen molar-refractivity contribution in [1.82, 2.24) is 0 Å². The molecule has 2 atom stereocenters. The first-order chi connectivity index (χ1) is 3.72. The first kappa shape index (κ1) is 7.84. The summed E-state index contributed by atoms with van der Waals surface area (Å²) in [4.78, 5) is 0. The van der Waals surface area contributed by atoms with Gasteiger partial charge in [-0.25, -0.2) is 0 Å². The van der Waals surface area contributed by atoms with E-state index >= 15 is 0 Å². The summed E-state index contributed by atoms with van der Waals surface area (Å²) in [6.07, 6.45) is 0. The van der Waals surface area contributed by atoms with Crippen molar-refractivity contribution >= 4 is 0 Å². The van der Waals surface area contributed by atoms with E-state index in [1.165, 1.54) is 0 Å². The highest BCUT2D eigenvalue weighted by Gasteiger charge is 2.08. The van der Waals surface area contributed by atoms with Crippen molar-refractivity contribution in [2.24, 2.45) is 11.5 Å². The molecule has 0 aliphatic rings. The van der Waals surface area contributed by atoms with E-state index in [4.69, 9.17) is 21.7 Å². The van der Waals surface area contributed by atoms with Crippen molar-refractivity contribution in [3.8, 4) is 0 Å². The van der Waals surface area contributed by atoms with Gasteiger partial charge < -0.3 is 21.7 Å². The van der Waals surface area contributed by atoms with Crippen LogP contribution < -0.4 is 11.5 Å². The van der Waals surface area contributed by atoms with Crippen LogP contribution in [0.15, 0.2) is 0 Å². The maximum absolute atomic E-state index is 8.32. The van der Waals surface area contributed by atoms with E-state index in [0.29, 0.717) is 0 Å². The summed E-state index contributed by atoms with van der Waals surface area (Å²) in [6.45, 7) is -0.358. The first-order valence-electron chi connectivity index (χ1n) is 2.45. The molecule has 0 saturated carbocycles. The van der Waals surface area contributed by atoms with E-state index in [1.807, 2.05) is 0 Å². The summed E-state index contributed by atoms with van der Waals surface area (Å²) in [5, 5.41) is 16.6. The van der Waals surface area contributed by atoms with Crippen LogP contribution in [0.4, 0.5) is 0 Å². The van der Waals surface area contributed by atoms with Gasteiger partial charge in [-0.1, -0.05) is 0 Å². The highest BCUT2D eigenvalue weighted by atomic mass is 16.3. The second-order valence-electron chi connectivity index (χ2n) is 1.69. The quantitative estimate of drug-likeness (QED) is 0.335. The Labute approximate surface area is 48.1 Å². The van der Waals surface area contributed by atoms with Gasteiger partial charge in [0.05, 0.1) is 13.2 Å². The molecule has 8 heavy (non-hydrogen) atoms. The Hall–Kier alpha value is -0.160. The summed E-state index contributed by atoms with van der Waals surface area (Å²) in [5.74, 6) is 0. The second kappa shape index (κ2) is 3.80. The molecule has 0 rings (SSSR count). The monoisotopic (exact) mass is 120 g/mol. The third-order valence-electron chi connectivity index (χ3n) is 0.972. The van der Waals surface area contributed by atoms with Gasteiger partial charge in [-0.05, 0) is 0 Å². The topological polar surface area (TPSA) is 92.5 Å². The molecule has 0 saturated heterocycles. The summed E-state index contributed by atoms with van der Waals surface area (Å²) in [5.41, 5.74) is 10.4. The molecular formula is C4H12N2O2. The van der Waals surface area contributed by atoms with Gasteiger partial charge >= 0.3 is 0 Å². The summed E-state index contributed by atoms with van der Waals surface area (Å²) < 4.78 is 0. The number of hydrogen-bond donors (Lipinski definition) is 4. The van der Waals surface area contributed by atoms with Crippen molar-refractivity contribution in [3.63, 3.8) is 0 Å². The van der Waals surface area contributed by atoms with E-state index < -0.39 is 12.1 Å². The molecule has 0 fully saturated rings. The normalized spacial score (nSPS) is 18.0. The zero-order valence-corrected chi connectivity index (χ0v) is 4.62. The summed E-state index contributed by atoms with van der Waals surface area (Å²) in [6, 6.07) is -1.00. The SMILES string of the molecule is N[C@H](CO)[C@@H](N)CO. The standard InChI is InChI=1S/C4H12N2O2/c5-3(1-7)4(6)2-8/h3-4,7-8H,1-2,5-6H2/t3-,4+. The van der Waals surface area contributed by atoms with E-state index in [2.05, 4.69) is 0 Å². The Bertz CT molecular complexity index is 52.0. The van der Waals surface area contributed by atoms with Gasteiger partial charge in [0, 0.05) is 12.1 Å². The van der Waals surface area contributed by atoms with Gasteiger partial charge in [-0.2, -0.15) is 0 Å². The van der Waals surface area contributed by atoms with E-state index in [-0.39, 0.29) is 13.2 Å². The van der Waals surface area contributed by atoms with Crippen molar-refractivity contribution in [1.29, 1.82) is 0 Å². The molecule has 0 aromatic rings. The average Bonchev–Trinajstić information content (AvgIpc) is 1.84. The van der Waals surface area contributed by atoms with Gasteiger partial charge in [0.15, 0.2) is 0 Å². The van der Waals surface area contributed by atoms with Crippen LogP contribution in [0, 0.1) is 0 Å². The predicted molar refractivity (Wildman–Crippen MR) is 30.1 cm³/mol. The Morgan fingerprint density at radius 1 is 1.00 bits per heavy atom. The van der Waals surface area contributed by atoms with E-state index in [0.717, 1.165) is 0 Å². The largest absolute Gasteiger partial charge is 0.395 e. The van der Waals surface area contributed by atoms with Crippen LogP contribution in [0.3, 0.4) is 0 Å². The molecule has 4 heteroatoms. The molecule has 0 bridgehead atoms. The zero-order chi connectivity index (χ0) is 6.57. The third-order valence-corrected chi connectivity index (χ3v) is 0.972. The Morgan fingerprint density at radius 2 is 1.25 bits per heavy atom. The van der Waals surface area contributed by atoms with Crippen molar-refractivity contribution < 1.29 is 10.2 Å². The Morgan fingerprint density at radius 3 is 1.38 bits per heavy atom. The van der Waals surface area contributed by atoms with Crippen LogP contribution in [0.1, 0.15) is 0 Å². The van der Waals surface area contributed by atoms with Crippen LogP contribution in [-0.2, 0) is 0 Å². The van der Waals surface area contributed by atoms with Gasteiger partial charge in [0.1, 0.15) is 0 Å². The number of aliphatic hydroxyl groups is 2. The number of hydrogen-bond acceptors (Lipinski definition) is 4. The molecule has 0 heterocycles. The molecule has 0 unspecified atom stereocenters. The Kier molecular flexibility index (Phi) is 3.72. The molecular weight excluding hydrogens is 108 g/mol. The van der Waals surface area contributed by atoms with Gasteiger partial charge in [-0.15, -0.1) is 0 Å². The number of nitrogens with two attached hydrogens (primary N) is 2. The first-order valence-corrected chi connectivity index (χ1v) is 2.45. The van der Waals surface area contributed by atoms with Gasteiger partial charge in [-0.3, -0.25) is 0 Å². The van der Waals surface area contributed by atoms with Crippen molar-refractivity contribution in [2.45, 2.75) is 12.1 Å². The lowest BCUT2D eigenvalue weighted by Crippen LogP contribution is -2.46. The minimum atomic E-state index is -0.500. The lowest BCUT2D eigenvalue weighted by molar-refractivity contribution is 0.199. The van der Waals surface area contributed by atoms with E-state index in [1.54, 1.807) is 0 Å². The lowest BCUT2D eigenvalue weighted by atomic mass is 10.2. The lowest BCUT2D eigenvalue weighted by Gasteiger charge is -2.13. The van der Waals surface area contributed by atoms with Crippen LogP contribution in [0.25, 0.3) is 0 Å². The van der Waals surface area contributed by atoms with Crippen molar-refractivity contribution in [2.75, 3.05) is 13.2 Å². The minimum absolute atomic E-state index is 0.179. The maximum Gasteiger partial charge on any atom is 0.0598 e. The summed E-state index contributed by atoms with van der Waals surface area (Å²) in [7, 11) is 0. The zero-order valence-electron chi connectivity index (χ0n) is 4.62.